The van der Waals surface area contributed by atoms with Gasteiger partial charge in [-0.3, -0.25) is 9.59 Å². The molecule has 2 amide bonds. The number of halogens is 1. The summed E-state index contributed by atoms with van der Waals surface area (Å²) in [7, 11) is 1.65. The van der Waals surface area contributed by atoms with Crippen LogP contribution in [-0.2, 0) is 19.6 Å². The second-order valence-electron chi connectivity index (χ2n) is 11.4. The minimum atomic E-state index is -0.254. The fourth-order valence-electron chi connectivity index (χ4n) is 6.05. The molecular weight excluding hydrogens is 622 g/mol. The highest BCUT2D eigenvalue weighted by molar-refractivity contribution is 6.31. The topological polar surface area (TPSA) is 72.8 Å². The SMILES string of the molecule is COc1ccccc1-c1ccc(C(=O)N2Cc3ccc(C(=O)NCc4c(Cl)cccc4Oc4ccccc4)n3Cc3ccccc32)cc1. The summed E-state index contributed by atoms with van der Waals surface area (Å²) >= 11 is 6.57. The molecule has 0 atom stereocenters. The van der Waals surface area contributed by atoms with Crippen molar-refractivity contribution in [3.63, 3.8) is 0 Å². The van der Waals surface area contributed by atoms with E-state index in [0.717, 1.165) is 33.8 Å². The van der Waals surface area contributed by atoms with Crippen molar-refractivity contribution in [2.24, 2.45) is 0 Å². The molecule has 0 unspecified atom stereocenters. The molecule has 0 spiro atoms. The van der Waals surface area contributed by atoms with E-state index in [1.165, 1.54) is 0 Å². The molecular formula is C40H32ClN3O4. The zero-order valence-electron chi connectivity index (χ0n) is 26.2. The quantitative estimate of drug-likeness (QED) is 0.178. The maximum absolute atomic E-state index is 14.1. The number of fused-ring (bicyclic) bond motifs is 2. The van der Waals surface area contributed by atoms with Gasteiger partial charge < -0.3 is 24.3 Å². The molecule has 7 nitrogen and oxygen atoms in total. The molecule has 238 valence electrons. The predicted molar refractivity (Wildman–Crippen MR) is 188 cm³/mol. The Morgan fingerprint density at radius 3 is 2.29 bits per heavy atom. The highest BCUT2D eigenvalue weighted by atomic mass is 35.5. The molecule has 48 heavy (non-hydrogen) atoms. The Labute approximate surface area is 283 Å². The lowest BCUT2D eigenvalue weighted by Gasteiger charge is -2.23. The standard InChI is InChI=1S/C40H32ClN3O4/c1-47-37-16-8-6-13-32(37)27-18-20-28(21-19-27)40(46)44-26-30-22-23-36(43(30)25-29-10-5-7-15-35(29)44)39(45)42-24-33-34(41)14-9-17-38(33)48-31-11-3-2-4-12-31/h2-23H,24-26H2,1H3,(H,42,45). The summed E-state index contributed by atoms with van der Waals surface area (Å²) in [4.78, 5) is 29.5. The number of carbonyl (C=O) groups is 2. The molecule has 5 aromatic carbocycles. The van der Waals surface area contributed by atoms with Crippen LogP contribution in [0.3, 0.4) is 0 Å². The lowest BCUT2D eigenvalue weighted by Crippen LogP contribution is -2.30. The number of hydrogen-bond acceptors (Lipinski definition) is 4. The maximum Gasteiger partial charge on any atom is 0.268 e. The van der Waals surface area contributed by atoms with Crippen molar-refractivity contribution in [2.75, 3.05) is 12.0 Å². The van der Waals surface area contributed by atoms with Gasteiger partial charge in [0.1, 0.15) is 22.9 Å². The van der Waals surface area contributed by atoms with E-state index in [9.17, 15) is 9.59 Å². The summed E-state index contributed by atoms with van der Waals surface area (Å²) in [5.41, 5.74) is 6.24. The van der Waals surface area contributed by atoms with Gasteiger partial charge >= 0.3 is 0 Å². The van der Waals surface area contributed by atoms with Crippen LogP contribution in [0.1, 0.15) is 37.7 Å². The first-order chi connectivity index (χ1) is 23.5. The Morgan fingerprint density at radius 1 is 0.750 bits per heavy atom. The fourth-order valence-corrected chi connectivity index (χ4v) is 6.28. The van der Waals surface area contributed by atoms with E-state index in [1.54, 1.807) is 24.1 Å². The molecule has 0 fully saturated rings. The normalized spacial score (nSPS) is 12.0. The van der Waals surface area contributed by atoms with Gasteiger partial charge in [-0.2, -0.15) is 0 Å². The van der Waals surface area contributed by atoms with Crippen molar-refractivity contribution in [3.8, 4) is 28.4 Å². The van der Waals surface area contributed by atoms with Crippen LogP contribution in [-0.4, -0.2) is 23.5 Å². The van der Waals surface area contributed by atoms with Crippen molar-refractivity contribution in [1.82, 2.24) is 9.88 Å². The number of anilines is 1. The van der Waals surface area contributed by atoms with Gasteiger partial charge in [0.2, 0.25) is 0 Å². The zero-order valence-corrected chi connectivity index (χ0v) is 27.0. The Hall–Kier alpha value is -5.79. The number of rotatable bonds is 8. The lowest BCUT2D eigenvalue weighted by molar-refractivity contribution is 0.0941. The third-order valence-electron chi connectivity index (χ3n) is 8.50. The summed E-state index contributed by atoms with van der Waals surface area (Å²) in [5.74, 6) is 1.64. The highest BCUT2D eigenvalue weighted by Crippen LogP contribution is 2.34. The Morgan fingerprint density at radius 2 is 1.48 bits per heavy atom. The highest BCUT2D eigenvalue weighted by Gasteiger charge is 2.27. The van der Waals surface area contributed by atoms with Crippen LogP contribution in [0.15, 0.2) is 133 Å². The first-order valence-electron chi connectivity index (χ1n) is 15.6. The van der Waals surface area contributed by atoms with Crippen molar-refractivity contribution in [1.29, 1.82) is 0 Å². The summed E-state index contributed by atoms with van der Waals surface area (Å²) < 4.78 is 13.6. The molecule has 6 aromatic rings. The predicted octanol–water partition coefficient (Wildman–Crippen LogP) is 8.75. The molecule has 1 N–H and O–H groups in total. The van der Waals surface area contributed by atoms with E-state index in [2.05, 4.69) is 5.32 Å². The molecule has 1 aliphatic rings. The first-order valence-corrected chi connectivity index (χ1v) is 16.0. The van der Waals surface area contributed by atoms with Crippen LogP contribution in [0.4, 0.5) is 5.69 Å². The molecule has 0 radical (unpaired) electrons. The second kappa shape index (κ2) is 13.5. The summed E-state index contributed by atoms with van der Waals surface area (Å²) in [6.45, 7) is 0.913. The molecule has 1 aromatic heterocycles. The number of aromatic nitrogens is 1. The molecule has 1 aliphatic heterocycles. The Kier molecular flexibility index (Phi) is 8.69. The third-order valence-corrected chi connectivity index (χ3v) is 8.86. The average Bonchev–Trinajstić information content (AvgIpc) is 3.44. The number of nitrogens with one attached hydrogen (secondary N) is 1. The minimum absolute atomic E-state index is 0.126. The summed E-state index contributed by atoms with van der Waals surface area (Å²) in [6, 6.07) is 41.8. The number of hydrogen-bond donors (Lipinski definition) is 1. The van der Waals surface area contributed by atoms with Gasteiger partial charge in [-0.25, -0.2) is 0 Å². The van der Waals surface area contributed by atoms with Crippen LogP contribution >= 0.6 is 11.6 Å². The Balaban J connectivity index is 1.13. The van der Waals surface area contributed by atoms with Gasteiger partial charge in [-0.1, -0.05) is 84.4 Å². The number of amides is 2. The first kappa shape index (κ1) is 30.8. The minimum Gasteiger partial charge on any atom is -0.496 e. The number of methoxy groups -OCH3 is 1. The molecule has 0 bridgehead atoms. The van der Waals surface area contributed by atoms with Crippen LogP contribution in [0, 0.1) is 0 Å². The van der Waals surface area contributed by atoms with E-state index in [-0.39, 0.29) is 18.4 Å². The van der Waals surface area contributed by atoms with E-state index in [1.807, 2.05) is 126 Å². The van der Waals surface area contributed by atoms with Gasteiger partial charge in [-0.15, -0.1) is 0 Å². The summed E-state index contributed by atoms with van der Waals surface area (Å²) in [6.07, 6.45) is 0. The van der Waals surface area contributed by atoms with Crippen molar-refractivity contribution in [2.45, 2.75) is 19.6 Å². The molecule has 0 saturated carbocycles. The van der Waals surface area contributed by atoms with Crippen molar-refractivity contribution >= 4 is 29.1 Å². The number of nitrogens with zero attached hydrogens (tertiary/aromatic N) is 2. The largest absolute Gasteiger partial charge is 0.496 e. The van der Waals surface area contributed by atoms with Crippen LogP contribution in [0.5, 0.6) is 17.2 Å². The van der Waals surface area contributed by atoms with Crippen LogP contribution in [0.25, 0.3) is 11.1 Å². The summed E-state index contributed by atoms with van der Waals surface area (Å²) in [5, 5.41) is 3.53. The van der Waals surface area contributed by atoms with Gasteiger partial charge in [0.15, 0.2) is 0 Å². The van der Waals surface area contributed by atoms with Gasteiger partial charge in [0.05, 0.1) is 20.2 Å². The monoisotopic (exact) mass is 653 g/mol. The van der Waals surface area contributed by atoms with Gasteiger partial charge in [0.25, 0.3) is 11.8 Å². The molecule has 7 rings (SSSR count). The maximum atomic E-state index is 14.1. The fraction of sp³-hybridized carbons (Fsp3) is 0.100. The van der Waals surface area contributed by atoms with Crippen molar-refractivity contribution in [3.05, 3.63) is 167 Å². The third kappa shape index (κ3) is 6.16. The van der Waals surface area contributed by atoms with Crippen LogP contribution in [0.2, 0.25) is 5.02 Å². The van der Waals surface area contributed by atoms with E-state index in [0.29, 0.717) is 46.4 Å². The van der Waals surface area contributed by atoms with Gasteiger partial charge in [-0.05, 0) is 71.8 Å². The molecule has 0 aliphatic carbocycles. The number of para-hydroxylation sites is 3. The number of carbonyl (C=O) groups excluding carboxylic acids is 2. The molecule has 0 saturated heterocycles. The Bertz CT molecular complexity index is 2110. The van der Waals surface area contributed by atoms with Crippen molar-refractivity contribution < 1.29 is 19.1 Å². The van der Waals surface area contributed by atoms with E-state index < -0.39 is 0 Å². The van der Waals surface area contributed by atoms with E-state index in [4.69, 9.17) is 21.1 Å². The number of ether oxygens (including phenoxy) is 2. The smallest absolute Gasteiger partial charge is 0.268 e. The van der Waals surface area contributed by atoms with Crippen LogP contribution < -0.4 is 19.7 Å². The lowest BCUT2D eigenvalue weighted by atomic mass is 10.0. The molecule has 2 heterocycles. The average molecular weight is 654 g/mol. The molecule has 8 heteroatoms. The van der Waals surface area contributed by atoms with E-state index >= 15 is 0 Å². The zero-order chi connectivity index (χ0) is 33.0. The number of benzene rings is 5. The van der Waals surface area contributed by atoms with Gasteiger partial charge in [0, 0.05) is 39.6 Å². The second-order valence-corrected chi connectivity index (χ2v) is 11.8.